The molecule has 1 aliphatic heterocycles. The number of nitrogens with zero attached hydrogens (tertiary/aromatic N) is 1. The van der Waals surface area contributed by atoms with Crippen molar-refractivity contribution in [1.29, 1.82) is 0 Å². The van der Waals surface area contributed by atoms with Gasteiger partial charge in [-0.1, -0.05) is 6.92 Å². The van der Waals surface area contributed by atoms with Crippen molar-refractivity contribution in [1.82, 2.24) is 10.2 Å². The summed E-state index contributed by atoms with van der Waals surface area (Å²) in [5.74, 6) is 0.411. The Morgan fingerprint density at radius 3 is 3.08 bits per heavy atom. The van der Waals surface area contributed by atoms with Gasteiger partial charge < -0.3 is 15.0 Å². The van der Waals surface area contributed by atoms with Crippen molar-refractivity contribution in [3.63, 3.8) is 0 Å². The Hall–Kier alpha value is -0.770. The molecule has 1 unspecified atom stereocenters. The molecule has 1 saturated heterocycles. The highest BCUT2D eigenvalue weighted by molar-refractivity contribution is 5.74. The standard InChI is InChI=1S/C9H18N2O2/c1-8(7-13-2)6-11-5-3-4-10-9(11)12/h8H,3-7H2,1-2H3,(H,10,12). The Morgan fingerprint density at radius 2 is 2.46 bits per heavy atom. The van der Waals surface area contributed by atoms with Crippen molar-refractivity contribution in [2.75, 3.05) is 33.4 Å². The first-order valence-electron chi connectivity index (χ1n) is 4.75. The van der Waals surface area contributed by atoms with Crippen LogP contribution in [0, 0.1) is 5.92 Å². The Labute approximate surface area is 79.2 Å². The average Bonchev–Trinajstić information content (AvgIpc) is 2.09. The van der Waals surface area contributed by atoms with E-state index in [1.54, 1.807) is 7.11 Å². The summed E-state index contributed by atoms with van der Waals surface area (Å²) >= 11 is 0. The van der Waals surface area contributed by atoms with Crippen molar-refractivity contribution in [3.8, 4) is 0 Å². The fourth-order valence-electron chi connectivity index (χ4n) is 1.57. The lowest BCUT2D eigenvalue weighted by Gasteiger charge is -2.29. The third kappa shape index (κ3) is 3.22. The zero-order chi connectivity index (χ0) is 9.68. The summed E-state index contributed by atoms with van der Waals surface area (Å²) in [5, 5.41) is 2.83. The topological polar surface area (TPSA) is 41.6 Å². The van der Waals surface area contributed by atoms with E-state index in [1.807, 2.05) is 4.90 Å². The molecule has 0 radical (unpaired) electrons. The van der Waals surface area contributed by atoms with Crippen molar-refractivity contribution in [2.45, 2.75) is 13.3 Å². The van der Waals surface area contributed by atoms with E-state index in [9.17, 15) is 4.79 Å². The van der Waals surface area contributed by atoms with Gasteiger partial charge in [-0.05, 0) is 12.3 Å². The average molecular weight is 186 g/mol. The molecule has 1 fully saturated rings. The normalized spacial score (nSPS) is 19.8. The minimum absolute atomic E-state index is 0.0641. The molecule has 0 aromatic carbocycles. The van der Waals surface area contributed by atoms with Crippen LogP contribution in [0.15, 0.2) is 0 Å². The van der Waals surface area contributed by atoms with Gasteiger partial charge in [-0.25, -0.2) is 4.79 Å². The first kappa shape index (κ1) is 10.3. The highest BCUT2D eigenvalue weighted by Gasteiger charge is 2.18. The van der Waals surface area contributed by atoms with E-state index in [4.69, 9.17) is 4.74 Å². The predicted octanol–water partition coefficient (Wildman–Crippen LogP) is 0.684. The van der Waals surface area contributed by atoms with Crippen LogP contribution in [0.4, 0.5) is 4.79 Å². The van der Waals surface area contributed by atoms with Crippen LogP contribution in [0.3, 0.4) is 0 Å². The van der Waals surface area contributed by atoms with Crippen LogP contribution in [0.5, 0.6) is 0 Å². The molecule has 4 heteroatoms. The van der Waals surface area contributed by atoms with Crippen LogP contribution < -0.4 is 5.32 Å². The van der Waals surface area contributed by atoms with Gasteiger partial charge in [0.25, 0.3) is 0 Å². The van der Waals surface area contributed by atoms with Gasteiger partial charge in [-0.15, -0.1) is 0 Å². The largest absolute Gasteiger partial charge is 0.384 e. The van der Waals surface area contributed by atoms with Gasteiger partial charge in [0.2, 0.25) is 0 Å². The fourth-order valence-corrected chi connectivity index (χ4v) is 1.57. The van der Waals surface area contributed by atoms with E-state index in [1.165, 1.54) is 0 Å². The van der Waals surface area contributed by atoms with E-state index in [0.717, 1.165) is 26.1 Å². The van der Waals surface area contributed by atoms with Gasteiger partial charge >= 0.3 is 6.03 Å². The van der Waals surface area contributed by atoms with Crippen LogP contribution >= 0.6 is 0 Å². The van der Waals surface area contributed by atoms with Gasteiger partial charge in [0, 0.05) is 26.7 Å². The minimum atomic E-state index is 0.0641. The molecule has 4 nitrogen and oxygen atoms in total. The molecule has 13 heavy (non-hydrogen) atoms. The smallest absolute Gasteiger partial charge is 0.317 e. The second-order valence-corrected chi connectivity index (χ2v) is 3.59. The number of ether oxygens (including phenoxy) is 1. The van der Waals surface area contributed by atoms with Gasteiger partial charge in [0.15, 0.2) is 0 Å². The fraction of sp³-hybridized carbons (Fsp3) is 0.889. The van der Waals surface area contributed by atoms with E-state index >= 15 is 0 Å². The maximum absolute atomic E-state index is 11.3. The lowest BCUT2D eigenvalue weighted by Crippen LogP contribution is -2.48. The van der Waals surface area contributed by atoms with Crippen LogP contribution in [0.2, 0.25) is 0 Å². The van der Waals surface area contributed by atoms with Gasteiger partial charge in [-0.3, -0.25) is 0 Å². The lowest BCUT2D eigenvalue weighted by molar-refractivity contribution is 0.128. The highest BCUT2D eigenvalue weighted by Crippen LogP contribution is 2.04. The maximum Gasteiger partial charge on any atom is 0.317 e. The monoisotopic (exact) mass is 186 g/mol. The molecule has 1 N–H and O–H groups in total. The number of carbonyl (C=O) groups excluding carboxylic acids is 1. The number of rotatable bonds is 4. The Balaban J connectivity index is 2.29. The number of hydrogen-bond acceptors (Lipinski definition) is 2. The number of urea groups is 1. The molecule has 1 aliphatic rings. The zero-order valence-electron chi connectivity index (χ0n) is 8.38. The molecule has 0 aliphatic carbocycles. The summed E-state index contributed by atoms with van der Waals surface area (Å²) in [5.41, 5.74) is 0. The van der Waals surface area contributed by atoms with Crippen LogP contribution in [-0.2, 0) is 4.74 Å². The van der Waals surface area contributed by atoms with Gasteiger partial charge in [0.05, 0.1) is 6.61 Å². The molecule has 1 rings (SSSR count). The second kappa shape index (κ2) is 5.07. The molecule has 76 valence electrons. The lowest BCUT2D eigenvalue weighted by atomic mass is 10.1. The maximum atomic E-state index is 11.3. The molecule has 0 aromatic heterocycles. The molecule has 0 spiro atoms. The van der Waals surface area contributed by atoms with Crippen molar-refractivity contribution in [3.05, 3.63) is 0 Å². The van der Waals surface area contributed by atoms with Crippen LogP contribution in [0.1, 0.15) is 13.3 Å². The first-order valence-corrected chi connectivity index (χ1v) is 4.75. The number of methoxy groups -OCH3 is 1. The van der Waals surface area contributed by atoms with Gasteiger partial charge in [0.1, 0.15) is 0 Å². The molecular formula is C9H18N2O2. The Kier molecular flexibility index (Phi) is 4.02. The minimum Gasteiger partial charge on any atom is -0.384 e. The van der Waals surface area contributed by atoms with E-state index in [2.05, 4.69) is 12.2 Å². The number of nitrogens with one attached hydrogen (secondary N) is 1. The van der Waals surface area contributed by atoms with E-state index < -0.39 is 0 Å². The predicted molar refractivity (Wildman–Crippen MR) is 50.6 cm³/mol. The summed E-state index contributed by atoms with van der Waals surface area (Å²) in [6.45, 7) is 5.28. The summed E-state index contributed by atoms with van der Waals surface area (Å²) in [4.78, 5) is 13.2. The van der Waals surface area contributed by atoms with Crippen molar-refractivity contribution in [2.24, 2.45) is 5.92 Å². The number of carbonyl (C=O) groups is 1. The molecule has 0 aromatic rings. The van der Waals surface area contributed by atoms with E-state index in [0.29, 0.717) is 12.5 Å². The zero-order valence-corrected chi connectivity index (χ0v) is 8.38. The Morgan fingerprint density at radius 1 is 1.69 bits per heavy atom. The van der Waals surface area contributed by atoms with Crippen molar-refractivity contribution >= 4 is 6.03 Å². The Bertz CT molecular complexity index is 173. The SMILES string of the molecule is COCC(C)CN1CCCNC1=O. The molecule has 1 atom stereocenters. The quantitative estimate of drug-likeness (QED) is 0.701. The number of hydrogen-bond donors (Lipinski definition) is 1. The van der Waals surface area contributed by atoms with Crippen LogP contribution in [0.25, 0.3) is 0 Å². The first-order chi connectivity index (χ1) is 6.24. The molecule has 0 bridgehead atoms. The molecule has 0 saturated carbocycles. The summed E-state index contributed by atoms with van der Waals surface area (Å²) in [7, 11) is 1.69. The summed E-state index contributed by atoms with van der Waals surface area (Å²) in [6.07, 6.45) is 1.05. The summed E-state index contributed by atoms with van der Waals surface area (Å²) < 4.78 is 5.02. The second-order valence-electron chi connectivity index (χ2n) is 3.59. The van der Waals surface area contributed by atoms with E-state index in [-0.39, 0.29) is 6.03 Å². The molecule has 2 amide bonds. The highest BCUT2D eigenvalue weighted by atomic mass is 16.5. The summed E-state index contributed by atoms with van der Waals surface area (Å²) in [6, 6.07) is 0.0641. The molecule has 1 heterocycles. The third-order valence-electron chi connectivity index (χ3n) is 2.15. The van der Waals surface area contributed by atoms with Crippen LogP contribution in [-0.4, -0.2) is 44.3 Å². The molecular weight excluding hydrogens is 168 g/mol. The third-order valence-corrected chi connectivity index (χ3v) is 2.15. The number of amides is 2. The van der Waals surface area contributed by atoms with Gasteiger partial charge in [-0.2, -0.15) is 0 Å². The van der Waals surface area contributed by atoms with Crippen molar-refractivity contribution < 1.29 is 9.53 Å².